The van der Waals surface area contributed by atoms with Gasteiger partial charge in [-0.25, -0.2) is 0 Å². The van der Waals surface area contributed by atoms with Crippen LogP contribution in [0.2, 0.25) is 0 Å². The van der Waals surface area contributed by atoms with E-state index in [0.717, 1.165) is 43.7 Å². The van der Waals surface area contributed by atoms with Crippen molar-refractivity contribution in [2.45, 2.75) is 49.0 Å². The molecule has 0 spiro atoms. The van der Waals surface area contributed by atoms with Crippen LogP contribution in [0.1, 0.15) is 49.1 Å². The lowest BCUT2D eigenvalue weighted by Gasteiger charge is -2.18. The van der Waals surface area contributed by atoms with Crippen molar-refractivity contribution < 1.29 is 13.2 Å². The molecule has 0 amide bonds. The van der Waals surface area contributed by atoms with E-state index in [9.17, 15) is 13.2 Å². The van der Waals surface area contributed by atoms with Crippen LogP contribution < -0.4 is 0 Å². The fourth-order valence-corrected chi connectivity index (χ4v) is 3.35. The molecule has 0 bridgehead atoms. The number of halogens is 4. The smallest absolute Gasteiger partial charge is 0.166 e. The minimum absolute atomic E-state index is 0.249. The molecule has 1 aliphatic carbocycles. The van der Waals surface area contributed by atoms with Crippen molar-refractivity contribution in [3.05, 3.63) is 35.4 Å². The number of benzene rings is 1. The van der Waals surface area contributed by atoms with Crippen LogP contribution >= 0.6 is 15.9 Å². The third-order valence-corrected chi connectivity index (χ3v) is 4.38. The highest BCUT2D eigenvalue weighted by atomic mass is 79.9. The van der Waals surface area contributed by atoms with Crippen LogP contribution in [0.15, 0.2) is 24.3 Å². The molecule has 2 rings (SSSR count). The molecular formula is C14H16BrF3. The van der Waals surface area contributed by atoms with Gasteiger partial charge in [0.15, 0.2) is 0 Å². The normalized spacial score (nSPS) is 25.8. The van der Waals surface area contributed by atoms with Gasteiger partial charge in [-0.15, -0.1) is 0 Å². The maximum Gasteiger partial charge on any atom is 0.416 e. The van der Waals surface area contributed by atoms with Gasteiger partial charge in [0.1, 0.15) is 0 Å². The Morgan fingerprint density at radius 1 is 1.11 bits per heavy atom. The molecule has 0 heterocycles. The SMILES string of the molecule is FC(F)(F)c1cccc(C2CCCCC(Br)C2)c1. The maximum absolute atomic E-state index is 12.7. The third-order valence-electron chi connectivity index (χ3n) is 3.55. The van der Waals surface area contributed by atoms with Gasteiger partial charge in [-0.05, 0) is 36.8 Å². The first-order valence-corrected chi connectivity index (χ1v) is 7.19. The van der Waals surface area contributed by atoms with Crippen molar-refractivity contribution in [1.82, 2.24) is 0 Å². The summed E-state index contributed by atoms with van der Waals surface area (Å²) in [6, 6.07) is 5.80. The third kappa shape index (κ3) is 3.50. The van der Waals surface area contributed by atoms with Gasteiger partial charge in [0.25, 0.3) is 0 Å². The topological polar surface area (TPSA) is 0 Å². The quantitative estimate of drug-likeness (QED) is 0.472. The highest BCUT2D eigenvalue weighted by molar-refractivity contribution is 9.09. The van der Waals surface area contributed by atoms with Crippen molar-refractivity contribution >= 4 is 15.9 Å². The Balaban J connectivity index is 2.22. The van der Waals surface area contributed by atoms with Gasteiger partial charge >= 0.3 is 6.18 Å². The summed E-state index contributed by atoms with van der Waals surface area (Å²) in [5.41, 5.74) is 0.298. The molecule has 2 atom stereocenters. The predicted octanol–water partition coefficient (Wildman–Crippen LogP) is 5.52. The van der Waals surface area contributed by atoms with Crippen LogP contribution in [0.3, 0.4) is 0 Å². The molecular weight excluding hydrogens is 305 g/mol. The molecule has 100 valence electrons. The second-order valence-corrected chi connectivity index (χ2v) is 6.23. The molecule has 18 heavy (non-hydrogen) atoms. The summed E-state index contributed by atoms with van der Waals surface area (Å²) >= 11 is 3.61. The standard InChI is InChI=1S/C14H16BrF3/c15-13-7-2-1-4-11(9-13)10-5-3-6-12(8-10)14(16,17)18/h3,5-6,8,11,13H,1-2,4,7,9H2. The Bertz CT molecular complexity index is 400. The minimum atomic E-state index is -4.24. The molecule has 4 heteroatoms. The van der Waals surface area contributed by atoms with Crippen molar-refractivity contribution in [2.24, 2.45) is 0 Å². The fraction of sp³-hybridized carbons (Fsp3) is 0.571. The van der Waals surface area contributed by atoms with Crippen LogP contribution in [0.25, 0.3) is 0 Å². The Kier molecular flexibility index (Phi) is 4.36. The zero-order valence-electron chi connectivity index (χ0n) is 10.0. The largest absolute Gasteiger partial charge is 0.416 e. The summed E-state index contributed by atoms with van der Waals surface area (Å²) in [4.78, 5) is 0.430. The summed E-state index contributed by atoms with van der Waals surface area (Å²) < 4.78 is 38.0. The second-order valence-electron chi connectivity index (χ2n) is 4.94. The lowest BCUT2D eigenvalue weighted by molar-refractivity contribution is -0.137. The van der Waals surface area contributed by atoms with E-state index in [2.05, 4.69) is 15.9 Å². The van der Waals surface area contributed by atoms with E-state index in [4.69, 9.17) is 0 Å². The summed E-state index contributed by atoms with van der Waals surface area (Å²) in [7, 11) is 0. The van der Waals surface area contributed by atoms with Crippen LogP contribution in [-0.2, 0) is 6.18 Å². The summed E-state index contributed by atoms with van der Waals surface area (Å²) in [6.07, 6.45) is 1.06. The average molecular weight is 321 g/mol. The lowest BCUT2D eigenvalue weighted by Crippen LogP contribution is -2.08. The maximum atomic E-state index is 12.7. The van der Waals surface area contributed by atoms with Crippen molar-refractivity contribution in [3.8, 4) is 0 Å². The second kappa shape index (κ2) is 5.64. The zero-order valence-corrected chi connectivity index (χ0v) is 11.6. The molecule has 1 saturated carbocycles. The molecule has 0 aliphatic heterocycles. The van der Waals surface area contributed by atoms with Crippen LogP contribution in [-0.4, -0.2) is 4.83 Å². The Morgan fingerprint density at radius 3 is 2.56 bits per heavy atom. The van der Waals surface area contributed by atoms with Gasteiger partial charge in [0, 0.05) is 4.83 Å². The Morgan fingerprint density at radius 2 is 1.83 bits per heavy atom. The van der Waals surface area contributed by atoms with E-state index in [0.29, 0.717) is 4.83 Å². The molecule has 1 aromatic rings. The van der Waals surface area contributed by atoms with Gasteiger partial charge in [-0.3, -0.25) is 0 Å². The van der Waals surface area contributed by atoms with Crippen molar-refractivity contribution in [2.75, 3.05) is 0 Å². The molecule has 2 unspecified atom stereocenters. The summed E-state index contributed by atoms with van der Waals surface area (Å²) in [6.45, 7) is 0. The van der Waals surface area contributed by atoms with Gasteiger partial charge in [0.2, 0.25) is 0 Å². The first-order valence-electron chi connectivity index (χ1n) is 6.28. The van der Waals surface area contributed by atoms with Gasteiger partial charge < -0.3 is 0 Å². The first-order chi connectivity index (χ1) is 8.47. The fourth-order valence-electron chi connectivity index (χ4n) is 2.57. The predicted molar refractivity (Wildman–Crippen MR) is 70.0 cm³/mol. The number of hydrogen-bond donors (Lipinski definition) is 0. The van der Waals surface area contributed by atoms with Crippen LogP contribution in [0.4, 0.5) is 13.2 Å². The van der Waals surface area contributed by atoms with E-state index in [1.165, 1.54) is 12.1 Å². The number of rotatable bonds is 1. The highest BCUT2D eigenvalue weighted by Crippen LogP contribution is 2.37. The van der Waals surface area contributed by atoms with E-state index >= 15 is 0 Å². The lowest BCUT2D eigenvalue weighted by atomic mass is 9.91. The summed E-state index contributed by atoms with van der Waals surface area (Å²) in [5.74, 6) is 0.249. The Labute approximate surface area is 114 Å². The molecule has 0 radical (unpaired) electrons. The van der Waals surface area contributed by atoms with E-state index in [1.54, 1.807) is 0 Å². The molecule has 0 nitrogen and oxygen atoms in total. The van der Waals surface area contributed by atoms with Crippen molar-refractivity contribution in [1.29, 1.82) is 0 Å². The highest BCUT2D eigenvalue weighted by Gasteiger charge is 2.31. The molecule has 1 aliphatic rings. The van der Waals surface area contributed by atoms with Crippen LogP contribution in [0.5, 0.6) is 0 Å². The van der Waals surface area contributed by atoms with Gasteiger partial charge in [0.05, 0.1) is 5.56 Å². The number of alkyl halides is 4. The molecule has 1 fully saturated rings. The number of hydrogen-bond acceptors (Lipinski definition) is 0. The molecule has 0 aromatic heterocycles. The van der Waals surface area contributed by atoms with E-state index < -0.39 is 11.7 Å². The van der Waals surface area contributed by atoms with E-state index in [1.807, 2.05) is 6.07 Å². The molecule has 1 aromatic carbocycles. The van der Waals surface area contributed by atoms with Gasteiger partial charge in [-0.1, -0.05) is 47.0 Å². The van der Waals surface area contributed by atoms with Gasteiger partial charge in [-0.2, -0.15) is 13.2 Å². The zero-order chi connectivity index (χ0) is 13.2. The molecule has 0 N–H and O–H groups in total. The van der Waals surface area contributed by atoms with Crippen LogP contribution in [0, 0.1) is 0 Å². The minimum Gasteiger partial charge on any atom is -0.166 e. The average Bonchev–Trinajstić information content (AvgIpc) is 2.53. The molecule has 0 saturated heterocycles. The van der Waals surface area contributed by atoms with E-state index in [-0.39, 0.29) is 5.92 Å². The Hall–Kier alpha value is -0.510. The first kappa shape index (κ1) is 13.9. The monoisotopic (exact) mass is 320 g/mol. The summed E-state index contributed by atoms with van der Waals surface area (Å²) in [5, 5.41) is 0. The van der Waals surface area contributed by atoms with Crippen molar-refractivity contribution in [3.63, 3.8) is 0 Å².